The second kappa shape index (κ2) is 7.20. The molecule has 1 N–H and O–H groups in total. The molecule has 0 aromatic heterocycles. The molecule has 0 amide bonds. The monoisotopic (exact) mass is 334 g/mol. The maximum Gasteiger partial charge on any atom is 0.416 e. The van der Waals surface area contributed by atoms with Crippen LogP contribution in [-0.2, 0) is 6.18 Å². The highest BCUT2D eigenvalue weighted by atomic mass is 35.5. The zero-order valence-electron chi connectivity index (χ0n) is 12.4. The van der Waals surface area contributed by atoms with Gasteiger partial charge in [0, 0.05) is 32.2 Å². The smallest absolute Gasteiger partial charge is 0.314 e. The summed E-state index contributed by atoms with van der Waals surface area (Å²) in [5, 5.41) is 3.33. The normalized spacial score (nSPS) is 21.2. The summed E-state index contributed by atoms with van der Waals surface area (Å²) in [5.41, 5.74) is 0.466. The zero-order valence-corrected chi connectivity index (χ0v) is 13.2. The van der Waals surface area contributed by atoms with Crippen molar-refractivity contribution in [1.29, 1.82) is 0 Å². The van der Waals surface area contributed by atoms with Gasteiger partial charge in [-0.1, -0.05) is 25.0 Å². The SMILES string of the molecule is Cl.FC(F)(F)c1ccc([C@H](CC2CC2)N2CCNCC2)cc1. The van der Waals surface area contributed by atoms with E-state index in [1.807, 2.05) is 0 Å². The Kier molecular flexibility index (Phi) is 5.75. The van der Waals surface area contributed by atoms with Crippen LogP contribution in [0.5, 0.6) is 0 Å². The minimum absolute atomic E-state index is 0. The Hall–Kier alpha value is -0.780. The Balaban J connectivity index is 0.00000176. The van der Waals surface area contributed by atoms with E-state index in [2.05, 4.69) is 10.2 Å². The van der Waals surface area contributed by atoms with Gasteiger partial charge in [0.2, 0.25) is 0 Å². The van der Waals surface area contributed by atoms with E-state index in [4.69, 9.17) is 0 Å². The van der Waals surface area contributed by atoms with E-state index in [0.29, 0.717) is 0 Å². The zero-order chi connectivity index (χ0) is 14.9. The number of halogens is 4. The fraction of sp³-hybridized carbons (Fsp3) is 0.625. The molecule has 1 aromatic carbocycles. The summed E-state index contributed by atoms with van der Waals surface area (Å²) in [6.07, 6.45) is -0.641. The summed E-state index contributed by atoms with van der Waals surface area (Å²) in [5.74, 6) is 0.757. The largest absolute Gasteiger partial charge is 0.416 e. The number of benzene rings is 1. The van der Waals surface area contributed by atoms with E-state index >= 15 is 0 Å². The van der Waals surface area contributed by atoms with E-state index in [9.17, 15) is 13.2 Å². The molecule has 3 rings (SSSR count). The molecule has 0 bridgehead atoms. The predicted octanol–water partition coefficient (Wildman–Crippen LogP) is 3.87. The number of nitrogens with zero attached hydrogens (tertiary/aromatic N) is 1. The quantitative estimate of drug-likeness (QED) is 0.899. The van der Waals surface area contributed by atoms with E-state index in [0.717, 1.165) is 44.1 Å². The molecule has 1 aliphatic heterocycles. The second-order valence-corrected chi connectivity index (χ2v) is 6.10. The van der Waals surface area contributed by atoms with Crippen molar-refractivity contribution in [1.82, 2.24) is 10.2 Å². The number of alkyl halides is 3. The molecule has 2 fully saturated rings. The number of piperazine rings is 1. The topological polar surface area (TPSA) is 15.3 Å². The number of nitrogens with one attached hydrogen (secondary N) is 1. The maximum absolute atomic E-state index is 12.7. The van der Waals surface area contributed by atoms with Gasteiger partial charge in [0.15, 0.2) is 0 Å². The van der Waals surface area contributed by atoms with Crippen molar-refractivity contribution >= 4 is 12.4 Å². The van der Waals surface area contributed by atoms with Crippen LogP contribution >= 0.6 is 12.4 Å². The van der Waals surface area contributed by atoms with Crippen molar-refractivity contribution in [2.45, 2.75) is 31.5 Å². The van der Waals surface area contributed by atoms with E-state index < -0.39 is 11.7 Å². The van der Waals surface area contributed by atoms with Gasteiger partial charge in [-0.3, -0.25) is 4.90 Å². The first kappa shape index (κ1) is 17.6. The van der Waals surface area contributed by atoms with Gasteiger partial charge in [0.1, 0.15) is 0 Å². The van der Waals surface area contributed by atoms with Gasteiger partial charge in [0.05, 0.1) is 5.56 Å². The molecule has 2 nitrogen and oxygen atoms in total. The van der Waals surface area contributed by atoms with Gasteiger partial charge in [-0.15, -0.1) is 12.4 Å². The fourth-order valence-corrected chi connectivity index (χ4v) is 3.05. The maximum atomic E-state index is 12.7. The highest BCUT2D eigenvalue weighted by molar-refractivity contribution is 5.85. The minimum atomic E-state index is -4.25. The molecule has 22 heavy (non-hydrogen) atoms. The summed E-state index contributed by atoms with van der Waals surface area (Å²) < 4.78 is 38.0. The van der Waals surface area contributed by atoms with Crippen LogP contribution in [-0.4, -0.2) is 31.1 Å². The predicted molar refractivity (Wildman–Crippen MR) is 83.2 cm³/mol. The Labute approximate surface area is 135 Å². The number of rotatable bonds is 4. The second-order valence-electron chi connectivity index (χ2n) is 6.10. The lowest BCUT2D eigenvalue weighted by atomic mass is 9.97. The van der Waals surface area contributed by atoms with Gasteiger partial charge < -0.3 is 5.32 Å². The highest BCUT2D eigenvalue weighted by Crippen LogP contribution is 2.40. The van der Waals surface area contributed by atoms with Crippen molar-refractivity contribution < 1.29 is 13.2 Å². The third-order valence-electron chi connectivity index (χ3n) is 4.47. The average molecular weight is 335 g/mol. The first-order chi connectivity index (χ1) is 10.0. The fourth-order valence-electron chi connectivity index (χ4n) is 3.05. The summed E-state index contributed by atoms with van der Waals surface area (Å²) in [6, 6.07) is 6.03. The summed E-state index contributed by atoms with van der Waals surface area (Å²) in [7, 11) is 0. The van der Waals surface area contributed by atoms with Crippen LogP contribution in [0.15, 0.2) is 24.3 Å². The van der Waals surface area contributed by atoms with Crippen molar-refractivity contribution in [2.24, 2.45) is 5.92 Å². The van der Waals surface area contributed by atoms with Crippen LogP contribution in [0, 0.1) is 5.92 Å². The lowest BCUT2D eigenvalue weighted by Crippen LogP contribution is -2.45. The summed E-state index contributed by atoms with van der Waals surface area (Å²) >= 11 is 0. The Bertz CT molecular complexity index is 465. The average Bonchev–Trinajstić information content (AvgIpc) is 3.29. The van der Waals surface area contributed by atoms with E-state index in [-0.39, 0.29) is 18.4 Å². The van der Waals surface area contributed by atoms with Gasteiger partial charge in [-0.2, -0.15) is 13.2 Å². The van der Waals surface area contributed by atoms with Crippen LogP contribution in [0.4, 0.5) is 13.2 Å². The summed E-state index contributed by atoms with van der Waals surface area (Å²) in [4.78, 5) is 2.41. The van der Waals surface area contributed by atoms with Crippen LogP contribution in [0.2, 0.25) is 0 Å². The van der Waals surface area contributed by atoms with Crippen LogP contribution < -0.4 is 5.32 Å². The molecule has 0 unspecified atom stereocenters. The van der Waals surface area contributed by atoms with Gasteiger partial charge in [0.25, 0.3) is 0 Å². The lowest BCUT2D eigenvalue weighted by molar-refractivity contribution is -0.137. The van der Waals surface area contributed by atoms with Crippen molar-refractivity contribution in [3.05, 3.63) is 35.4 Å². The molecule has 1 heterocycles. The van der Waals surface area contributed by atoms with Crippen molar-refractivity contribution in [3.8, 4) is 0 Å². The van der Waals surface area contributed by atoms with Gasteiger partial charge >= 0.3 is 6.18 Å². The van der Waals surface area contributed by atoms with Crippen LogP contribution in [0.25, 0.3) is 0 Å². The van der Waals surface area contributed by atoms with E-state index in [1.54, 1.807) is 12.1 Å². The third kappa shape index (κ3) is 4.37. The molecule has 1 saturated carbocycles. The Morgan fingerprint density at radius 3 is 2.18 bits per heavy atom. The molecular weight excluding hydrogens is 313 g/mol. The molecule has 0 radical (unpaired) electrons. The van der Waals surface area contributed by atoms with Crippen molar-refractivity contribution in [2.75, 3.05) is 26.2 Å². The molecule has 1 aliphatic carbocycles. The lowest BCUT2D eigenvalue weighted by Gasteiger charge is -2.35. The van der Waals surface area contributed by atoms with Crippen LogP contribution in [0.1, 0.15) is 36.4 Å². The molecule has 2 aliphatic rings. The number of hydrogen-bond donors (Lipinski definition) is 1. The third-order valence-corrected chi connectivity index (χ3v) is 4.47. The molecular formula is C16H22ClF3N2. The van der Waals surface area contributed by atoms with Gasteiger partial charge in [-0.25, -0.2) is 0 Å². The minimum Gasteiger partial charge on any atom is -0.314 e. The Morgan fingerprint density at radius 2 is 1.68 bits per heavy atom. The first-order valence-electron chi connectivity index (χ1n) is 7.66. The van der Waals surface area contributed by atoms with E-state index in [1.165, 1.54) is 25.0 Å². The number of hydrogen-bond acceptors (Lipinski definition) is 2. The highest BCUT2D eigenvalue weighted by Gasteiger charge is 2.32. The molecule has 6 heteroatoms. The van der Waals surface area contributed by atoms with Gasteiger partial charge in [-0.05, 0) is 30.0 Å². The standard InChI is InChI=1S/C16H21F3N2.ClH/c17-16(18,19)14-5-3-13(4-6-14)15(11-12-1-2-12)21-9-7-20-8-10-21;/h3-6,12,15,20H,1-2,7-11H2;1H/t15-;/m0./s1. The first-order valence-corrected chi connectivity index (χ1v) is 7.66. The molecule has 1 atom stereocenters. The Morgan fingerprint density at radius 1 is 1.09 bits per heavy atom. The summed E-state index contributed by atoms with van der Waals surface area (Å²) in [6.45, 7) is 3.86. The molecule has 0 spiro atoms. The van der Waals surface area contributed by atoms with Crippen LogP contribution in [0.3, 0.4) is 0 Å². The molecule has 1 saturated heterocycles. The van der Waals surface area contributed by atoms with Crippen molar-refractivity contribution in [3.63, 3.8) is 0 Å². The molecule has 1 aromatic rings. The molecule has 124 valence electrons.